The fourth-order valence-electron chi connectivity index (χ4n) is 2.73. The lowest BCUT2D eigenvalue weighted by atomic mass is 9.81. The summed E-state index contributed by atoms with van der Waals surface area (Å²) in [7, 11) is 0. The zero-order valence-corrected chi connectivity index (χ0v) is 15.7. The van der Waals surface area contributed by atoms with Crippen molar-refractivity contribution in [3.63, 3.8) is 0 Å². The first kappa shape index (κ1) is 20.3. The highest BCUT2D eigenvalue weighted by molar-refractivity contribution is 6.10. The van der Waals surface area contributed by atoms with Crippen molar-refractivity contribution in [2.75, 3.05) is 0 Å². The van der Waals surface area contributed by atoms with E-state index < -0.39 is 0 Å². The molecule has 1 aromatic rings. The zero-order chi connectivity index (χ0) is 18.0. The topological polar surface area (TPSA) is 34.1 Å². The van der Waals surface area contributed by atoms with Crippen LogP contribution in [0.2, 0.25) is 0 Å². The number of hydrogen-bond acceptors (Lipinski definition) is 2. The average molecular weight is 328 g/mol. The SMILES string of the molecule is CCCCCCCCC(=O)/C(=C\C(=O)c1ccccc1)C(C)(C)C. The molecule has 0 aliphatic carbocycles. The highest BCUT2D eigenvalue weighted by Crippen LogP contribution is 2.28. The van der Waals surface area contributed by atoms with E-state index in [4.69, 9.17) is 0 Å². The molecule has 0 heterocycles. The fourth-order valence-corrected chi connectivity index (χ4v) is 2.73. The van der Waals surface area contributed by atoms with Gasteiger partial charge in [0, 0.05) is 17.6 Å². The van der Waals surface area contributed by atoms with Gasteiger partial charge >= 0.3 is 0 Å². The van der Waals surface area contributed by atoms with E-state index in [2.05, 4.69) is 6.92 Å². The summed E-state index contributed by atoms with van der Waals surface area (Å²) in [6, 6.07) is 9.15. The van der Waals surface area contributed by atoms with E-state index in [-0.39, 0.29) is 17.0 Å². The minimum atomic E-state index is -0.316. The van der Waals surface area contributed by atoms with Crippen LogP contribution in [-0.4, -0.2) is 11.6 Å². The summed E-state index contributed by atoms with van der Waals surface area (Å²) in [6.07, 6.45) is 9.04. The van der Waals surface area contributed by atoms with Crippen LogP contribution in [0.4, 0.5) is 0 Å². The molecule has 0 unspecified atom stereocenters. The van der Waals surface area contributed by atoms with Gasteiger partial charge in [-0.15, -0.1) is 0 Å². The maximum absolute atomic E-state index is 12.6. The van der Waals surface area contributed by atoms with Crippen LogP contribution >= 0.6 is 0 Å². The molecule has 24 heavy (non-hydrogen) atoms. The predicted molar refractivity (Wildman–Crippen MR) is 101 cm³/mol. The van der Waals surface area contributed by atoms with E-state index >= 15 is 0 Å². The molecule has 1 aromatic carbocycles. The number of Topliss-reactive ketones (excluding diaryl/α,β-unsaturated/α-hetero) is 1. The van der Waals surface area contributed by atoms with Crippen LogP contribution in [-0.2, 0) is 4.79 Å². The Labute approximate surface area is 147 Å². The Morgan fingerprint density at radius 3 is 2.08 bits per heavy atom. The van der Waals surface area contributed by atoms with E-state index in [0.717, 1.165) is 12.8 Å². The third-order valence-electron chi connectivity index (χ3n) is 4.20. The molecule has 132 valence electrons. The number of carbonyl (C=O) groups is 2. The van der Waals surface area contributed by atoms with Crippen molar-refractivity contribution in [3.05, 3.63) is 47.5 Å². The minimum Gasteiger partial charge on any atom is -0.295 e. The predicted octanol–water partition coefficient (Wildman–Crippen LogP) is 6.16. The third kappa shape index (κ3) is 7.25. The molecule has 0 atom stereocenters. The molecule has 0 saturated heterocycles. The number of ketones is 2. The van der Waals surface area contributed by atoms with Crippen molar-refractivity contribution in [1.29, 1.82) is 0 Å². The minimum absolute atomic E-state index is 0.0863. The number of rotatable bonds is 10. The molecule has 0 fully saturated rings. The van der Waals surface area contributed by atoms with Gasteiger partial charge in [-0.25, -0.2) is 0 Å². The molecule has 2 heteroatoms. The Morgan fingerprint density at radius 2 is 1.50 bits per heavy atom. The number of unbranched alkanes of at least 4 members (excludes halogenated alkanes) is 5. The second kappa shape index (κ2) is 10.2. The number of carbonyl (C=O) groups excluding carboxylic acids is 2. The molecule has 1 rings (SSSR count). The van der Waals surface area contributed by atoms with Gasteiger partial charge < -0.3 is 0 Å². The summed E-state index contributed by atoms with van der Waals surface area (Å²) >= 11 is 0. The number of benzene rings is 1. The molecule has 0 aliphatic rings. The van der Waals surface area contributed by atoms with E-state index in [1.165, 1.54) is 25.7 Å². The normalized spacial score (nSPS) is 12.2. The average Bonchev–Trinajstić information content (AvgIpc) is 2.55. The van der Waals surface area contributed by atoms with Gasteiger partial charge in [-0.1, -0.05) is 90.1 Å². The lowest BCUT2D eigenvalue weighted by molar-refractivity contribution is -0.116. The number of allylic oxidation sites excluding steroid dienone is 2. The molecular formula is C22H32O2. The van der Waals surface area contributed by atoms with E-state index in [0.29, 0.717) is 17.6 Å². The zero-order valence-electron chi connectivity index (χ0n) is 15.7. The Morgan fingerprint density at radius 1 is 0.917 bits per heavy atom. The maximum atomic E-state index is 12.6. The summed E-state index contributed by atoms with van der Waals surface area (Å²) < 4.78 is 0. The first-order valence-corrected chi connectivity index (χ1v) is 9.21. The number of hydrogen-bond donors (Lipinski definition) is 0. The van der Waals surface area contributed by atoms with Crippen molar-refractivity contribution in [1.82, 2.24) is 0 Å². The molecule has 0 aliphatic heterocycles. The Kier molecular flexibility index (Phi) is 8.67. The molecule has 0 spiro atoms. The van der Waals surface area contributed by atoms with E-state index in [1.54, 1.807) is 18.2 Å². The van der Waals surface area contributed by atoms with Crippen LogP contribution in [0.5, 0.6) is 0 Å². The van der Waals surface area contributed by atoms with Crippen molar-refractivity contribution in [3.8, 4) is 0 Å². The Bertz CT molecular complexity index is 547. The molecule has 0 radical (unpaired) electrons. The summed E-state index contributed by atoms with van der Waals surface area (Å²) in [5.41, 5.74) is 0.959. The smallest absolute Gasteiger partial charge is 0.186 e. The van der Waals surface area contributed by atoms with Crippen LogP contribution in [0.25, 0.3) is 0 Å². The summed E-state index contributed by atoms with van der Waals surface area (Å²) in [6.45, 7) is 8.19. The van der Waals surface area contributed by atoms with Gasteiger partial charge in [0.05, 0.1) is 0 Å². The van der Waals surface area contributed by atoms with Crippen molar-refractivity contribution in [2.45, 2.75) is 72.6 Å². The van der Waals surface area contributed by atoms with Gasteiger partial charge in [0.25, 0.3) is 0 Å². The van der Waals surface area contributed by atoms with E-state index in [1.807, 2.05) is 39.0 Å². The highest BCUT2D eigenvalue weighted by atomic mass is 16.1. The monoisotopic (exact) mass is 328 g/mol. The van der Waals surface area contributed by atoms with Crippen LogP contribution < -0.4 is 0 Å². The highest BCUT2D eigenvalue weighted by Gasteiger charge is 2.24. The lowest BCUT2D eigenvalue weighted by Crippen LogP contribution is -2.19. The first-order valence-electron chi connectivity index (χ1n) is 9.21. The summed E-state index contributed by atoms with van der Waals surface area (Å²) in [5, 5.41) is 0. The molecule has 0 amide bonds. The van der Waals surface area contributed by atoms with Crippen LogP contribution in [0, 0.1) is 5.41 Å². The molecular weight excluding hydrogens is 296 g/mol. The maximum Gasteiger partial charge on any atom is 0.186 e. The van der Waals surface area contributed by atoms with Gasteiger partial charge in [-0.3, -0.25) is 9.59 Å². The molecule has 0 N–H and O–H groups in total. The van der Waals surface area contributed by atoms with E-state index in [9.17, 15) is 9.59 Å². The molecule has 0 bridgehead atoms. The lowest BCUT2D eigenvalue weighted by Gasteiger charge is -2.22. The molecule has 2 nitrogen and oxygen atoms in total. The van der Waals surface area contributed by atoms with Crippen molar-refractivity contribution < 1.29 is 9.59 Å². The van der Waals surface area contributed by atoms with Gasteiger partial charge in [0.1, 0.15) is 0 Å². The second-order valence-electron chi connectivity index (χ2n) is 7.48. The van der Waals surface area contributed by atoms with Crippen LogP contribution in [0.3, 0.4) is 0 Å². The summed E-state index contributed by atoms with van der Waals surface area (Å²) in [4.78, 5) is 25.1. The Balaban J connectivity index is 2.70. The van der Waals surface area contributed by atoms with Crippen molar-refractivity contribution >= 4 is 11.6 Å². The Hall–Kier alpha value is -1.70. The van der Waals surface area contributed by atoms with Crippen LogP contribution in [0.1, 0.15) is 83.0 Å². The van der Waals surface area contributed by atoms with Crippen LogP contribution in [0.15, 0.2) is 42.0 Å². The first-order chi connectivity index (χ1) is 11.4. The second-order valence-corrected chi connectivity index (χ2v) is 7.48. The van der Waals surface area contributed by atoms with Gasteiger partial charge in [-0.05, 0) is 17.9 Å². The van der Waals surface area contributed by atoms with Gasteiger partial charge in [0.15, 0.2) is 11.6 Å². The van der Waals surface area contributed by atoms with Gasteiger partial charge in [0.2, 0.25) is 0 Å². The fraction of sp³-hybridized carbons (Fsp3) is 0.545. The largest absolute Gasteiger partial charge is 0.295 e. The van der Waals surface area contributed by atoms with Gasteiger partial charge in [-0.2, -0.15) is 0 Å². The third-order valence-corrected chi connectivity index (χ3v) is 4.20. The quantitative estimate of drug-likeness (QED) is 0.293. The standard InChI is InChI=1S/C22H32O2/c1-5-6-7-8-9-13-16-20(23)19(22(2,3)4)17-21(24)18-14-11-10-12-15-18/h10-12,14-15,17H,5-9,13,16H2,1-4H3/b19-17+. The summed E-state index contributed by atoms with van der Waals surface area (Å²) in [5.74, 6) is 0.0269. The molecule has 0 aromatic heterocycles. The molecule has 0 saturated carbocycles. The van der Waals surface area contributed by atoms with Crippen molar-refractivity contribution in [2.24, 2.45) is 5.41 Å².